The molecule has 2 aliphatic rings. The van der Waals surface area contributed by atoms with Gasteiger partial charge < -0.3 is 14.9 Å². The van der Waals surface area contributed by atoms with Crippen LogP contribution in [0.25, 0.3) is 0 Å². The normalized spacial score (nSPS) is 24.9. The van der Waals surface area contributed by atoms with Crippen molar-refractivity contribution >= 4 is 17.8 Å². The van der Waals surface area contributed by atoms with Crippen LogP contribution < -0.4 is 0 Å². The average Bonchev–Trinajstić information content (AvgIpc) is 2.69. The molecule has 0 radical (unpaired) electrons. The van der Waals surface area contributed by atoms with Crippen LogP contribution in [0, 0.1) is 11.8 Å². The highest BCUT2D eigenvalue weighted by Crippen LogP contribution is 2.24. The number of likely N-dealkylation sites (tertiary alicyclic amines) is 2. The molecule has 2 fully saturated rings. The van der Waals surface area contributed by atoms with E-state index in [1.807, 2.05) is 0 Å². The van der Waals surface area contributed by atoms with Crippen molar-refractivity contribution in [2.24, 2.45) is 11.8 Å². The average molecular weight is 268 g/mol. The summed E-state index contributed by atoms with van der Waals surface area (Å²) in [5, 5.41) is 8.75. The Kier molecular flexibility index (Phi) is 4.07. The molecule has 2 rings (SSSR count). The molecule has 2 heterocycles. The number of carbonyl (C=O) groups is 3. The molecule has 0 aromatic rings. The fraction of sp³-hybridized carbons (Fsp3) is 0.769. The molecule has 0 aromatic heterocycles. The minimum absolute atomic E-state index is 0.0270. The molecule has 0 saturated carbocycles. The van der Waals surface area contributed by atoms with E-state index in [1.165, 1.54) is 0 Å². The molecule has 1 atom stereocenters. The third-order valence-electron chi connectivity index (χ3n) is 4.08. The molecular weight excluding hydrogens is 248 g/mol. The largest absolute Gasteiger partial charge is 0.481 e. The van der Waals surface area contributed by atoms with Gasteiger partial charge in [0.15, 0.2) is 0 Å². The number of carbonyl (C=O) groups excluding carboxylic acids is 2. The summed E-state index contributed by atoms with van der Waals surface area (Å²) < 4.78 is 0. The SMILES string of the molecule is CN1CC(C(=O)N2CCC(CC(=O)O)CC2)CC1=O. The van der Waals surface area contributed by atoms with Gasteiger partial charge in [0.05, 0.1) is 5.92 Å². The number of carboxylic acid groups (broad SMARTS) is 1. The van der Waals surface area contributed by atoms with E-state index in [0.29, 0.717) is 26.1 Å². The Balaban J connectivity index is 1.83. The number of carboxylic acids is 1. The standard InChI is InChI=1S/C13H20N2O4/c1-14-8-10(7-11(14)16)13(19)15-4-2-9(3-5-15)6-12(17)18/h9-10H,2-8H2,1H3,(H,17,18). The third-order valence-corrected chi connectivity index (χ3v) is 4.08. The van der Waals surface area contributed by atoms with E-state index < -0.39 is 5.97 Å². The summed E-state index contributed by atoms with van der Waals surface area (Å²) in [5.74, 6) is -0.735. The molecule has 0 aliphatic carbocycles. The van der Waals surface area contributed by atoms with Crippen LogP contribution >= 0.6 is 0 Å². The number of rotatable bonds is 3. The maximum Gasteiger partial charge on any atom is 0.303 e. The molecule has 1 unspecified atom stereocenters. The van der Waals surface area contributed by atoms with Crippen LogP contribution in [-0.2, 0) is 14.4 Å². The topological polar surface area (TPSA) is 77.9 Å². The summed E-state index contributed by atoms with van der Waals surface area (Å²) in [6.07, 6.45) is 1.99. The van der Waals surface area contributed by atoms with Gasteiger partial charge in [0, 0.05) is 39.5 Å². The fourth-order valence-electron chi connectivity index (χ4n) is 2.89. The maximum absolute atomic E-state index is 12.3. The van der Waals surface area contributed by atoms with Crippen LogP contribution in [0.5, 0.6) is 0 Å². The molecule has 106 valence electrons. The summed E-state index contributed by atoms with van der Waals surface area (Å²) in [6.45, 7) is 1.74. The highest BCUT2D eigenvalue weighted by molar-refractivity contribution is 5.89. The Morgan fingerprint density at radius 2 is 1.95 bits per heavy atom. The zero-order valence-electron chi connectivity index (χ0n) is 11.2. The van der Waals surface area contributed by atoms with Gasteiger partial charge in [-0.1, -0.05) is 0 Å². The van der Waals surface area contributed by atoms with Crippen molar-refractivity contribution in [2.75, 3.05) is 26.7 Å². The maximum atomic E-state index is 12.3. The zero-order chi connectivity index (χ0) is 14.0. The number of amides is 2. The quantitative estimate of drug-likeness (QED) is 0.792. The number of hydrogen-bond acceptors (Lipinski definition) is 3. The molecular formula is C13H20N2O4. The predicted octanol–water partition coefficient (Wildman–Crippen LogP) is 0.178. The van der Waals surface area contributed by atoms with Gasteiger partial charge in [0.2, 0.25) is 11.8 Å². The molecule has 6 heteroatoms. The summed E-state index contributed by atoms with van der Waals surface area (Å²) in [7, 11) is 1.72. The number of piperidine rings is 1. The van der Waals surface area contributed by atoms with Crippen molar-refractivity contribution in [1.29, 1.82) is 0 Å². The first-order chi connectivity index (χ1) is 8.97. The van der Waals surface area contributed by atoms with Gasteiger partial charge in [-0.25, -0.2) is 0 Å². The smallest absolute Gasteiger partial charge is 0.303 e. The molecule has 19 heavy (non-hydrogen) atoms. The van der Waals surface area contributed by atoms with Crippen molar-refractivity contribution in [3.05, 3.63) is 0 Å². The van der Waals surface area contributed by atoms with E-state index in [4.69, 9.17) is 5.11 Å². The van der Waals surface area contributed by atoms with Crippen molar-refractivity contribution in [3.63, 3.8) is 0 Å². The molecule has 0 spiro atoms. The first-order valence-corrected chi connectivity index (χ1v) is 6.72. The lowest BCUT2D eigenvalue weighted by Crippen LogP contribution is -2.42. The van der Waals surface area contributed by atoms with E-state index in [1.54, 1.807) is 16.8 Å². The second-order valence-corrected chi connectivity index (χ2v) is 5.54. The van der Waals surface area contributed by atoms with Crippen molar-refractivity contribution in [3.8, 4) is 0 Å². The van der Waals surface area contributed by atoms with Gasteiger partial charge in [0.25, 0.3) is 0 Å². The van der Waals surface area contributed by atoms with E-state index >= 15 is 0 Å². The second-order valence-electron chi connectivity index (χ2n) is 5.54. The summed E-state index contributed by atoms with van der Waals surface area (Å²) in [4.78, 5) is 37.7. The minimum atomic E-state index is -0.771. The first kappa shape index (κ1) is 13.8. The first-order valence-electron chi connectivity index (χ1n) is 6.72. The van der Waals surface area contributed by atoms with E-state index in [9.17, 15) is 14.4 Å². The van der Waals surface area contributed by atoms with Crippen molar-refractivity contribution < 1.29 is 19.5 Å². The molecule has 0 bridgehead atoms. The Morgan fingerprint density at radius 3 is 2.42 bits per heavy atom. The highest BCUT2D eigenvalue weighted by Gasteiger charge is 2.35. The van der Waals surface area contributed by atoms with Crippen LogP contribution in [0.1, 0.15) is 25.7 Å². The van der Waals surface area contributed by atoms with Crippen LogP contribution in [-0.4, -0.2) is 59.4 Å². The fourth-order valence-corrected chi connectivity index (χ4v) is 2.89. The van der Waals surface area contributed by atoms with E-state index in [2.05, 4.69) is 0 Å². The molecule has 1 N–H and O–H groups in total. The summed E-state index contributed by atoms with van der Waals surface area (Å²) >= 11 is 0. The van der Waals surface area contributed by atoms with Crippen LogP contribution in [0.15, 0.2) is 0 Å². The Bertz CT molecular complexity index is 388. The monoisotopic (exact) mass is 268 g/mol. The van der Waals surface area contributed by atoms with Crippen LogP contribution in [0.4, 0.5) is 0 Å². The van der Waals surface area contributed by atoms with Crippen molar-refractivity contribution in [1.82, 2.24) is 9.80 Å². The van der Waals surface area contributed by atoms with Gasteiger partial charge in [0.1, 0.15) is 0 Å². The number of nitrogens with zero attached hydrogens (tertiary/aromatic N) is 2. The zero-order valence-corrected chi connectivity index (χ0v) is 11.2. The molecule has 2 amide bonds. The number of hydrogen-bond donors (Lipinski definition) is 1. The molecule has 2 saturated heterocycles. The second kappa shape index (κ2) is 5.59. The lowest BCUT2D eigenvalue weighted by molar-refractivity contribution is -0.139. The van der Waals surface area contributed by atoms with Gasteiger partial charge in [-0.05, 0) is 18.8 Å². The third kappa shape index (κ3) is 3.24. The van der Waals surface area contributed by atoms with Gasteiger partial charge >= 0.3 is 5.97 Å². The Morgan fingerprint density at radius 1 is 1.32 bits per heavy atom. The van der Waals surface area contributed by atoms with E-state index in [0.717, 1.165) is 12.8 Å². The molecule has 0 aromatic carbocycles. The Hall–Kier alpha value is -1.59. The summed E-state index contributed by atoms with van der Waals surface area (Å²) in [5.41, 5.74) is 0. The van der Waals surface area contributed by atoms with Gasteiger partial charge in [-0.15, -0.1) is 0 Å². The summed E-state index contributed by atoms with van der Waals surface area (Å²) in [6, 6.07) is 0. The van der Waals surface area contributed by atoms with E-state index in [-0.39, 0.29) is 30.1 Å². The minimum Gasteiger partial charge on any atom is -0.481 e. The lowest BCUT2D eigenvalue weighted by Gasteiger charge is -2.32. The van der Waals surface area contributed by atoms with Crippen molar-refractivity contribution in [2.45, 2.75) is 25.7 Å². The number of aliphatic carboxylic acids is 1. The van der Waals surface area contributed by atoms with Crippen LogP contribution in [0.2, 0.25) is 0 Å². The lowest BCUT2D eigenvalue weighted by atomic mass is 9.92. The molecule has 6 nitrogen and oxygen atoms in total. The van der Waals surface area contributed by atoms with Gasteiger partial charge in [-0.3, -0.25) is 14.4 Å². The molecule has 2 aliphatic heterocycles. The van der Waals surface area contributed by atoms with Gasteiger partial charge in [-0.2, -0.15) is 0 Å². The predicted molar refractivity (Wildman–Crippen MR) is 67.3 cm³/mol. The van der Waals surface area contributed by atoms with Crippen LogP contribution in [0.3, 0.4) is 0 Å². The Labute approximate surface area is 112 Å². The highest BCUT2D eigenvalue weighted by atomic mass is 16.4.